The summed E-state index contributed by atoms with van der Waals surface area (Å²) < 4.78 is 0. The molecule has 0 radical (unpaired) electrons. The van der Waals surface area contributed by atoms with E-state index in [9.17, 15) is 0 Å². The molecular formula is C3H14AlLiSi. The van der Waals surface area contributed by atoms with Crippen LogP contribution in [-0.4, -0.2) is 26.2 Å². The smallest absolute Gasteiger partial charge is 1.00 e. The molecule has 0 rings (SSSR count). The average Bonchev–Trinajstić information content (AvgIpc) is 0.811. The van der Waals surface area contributed by atoms with Crippen molar-refractivity contribution in [3.63, 3.8) is 0 Å². The van der Waals surface area contributed by atoms with Gasteiger partial charge in [0.25, 0.3) is 0 Å². The predicted octanol–water partition coefficient (Wildman–Crippen LogP) is -2.96. The minimum Gasteiger partial charge on any atom is -1.00 e. The molecule has 0 N–H and O–H groups in total. The zero-order valence-electron chi connectivity index (χ0n) is 5.58. The van der Waals surface area contributed by atoms with Crippen molar-refractivity contribution in [3.8, 4) is 0 Å². The Morgan fingerprint density at radius 1 is 1.17 bits per heavy atom. The van der Waals surface area contributed by atoms with E-state index in [-0.39, 0.29) is 46.4 Å². The Labute approximate surface area is 66.1 Å². The van der Waals surface area contributed by atoms with E-state index in [0.717, 1.165) is 0 Å². The molecule has 0 aliphatic carbocycles. The molecule has 6 heavy (non-hydrogen) atoms. The van der Waals surface area contributed by atoms with Crippen LogP contribution in [0, 0.1) is 0 Å². The Balaban J connectivity index is -0.0000000150. The van der Waals surface area contributed by atoms with Gasteiger partial charge in [0.1, 0.15) is 0 Å². The second-order valence-electron chi connectivity index (χ2n) is 1.73. The van der Waals surface area contributed by atoms with Crippen LogP contribution < -0.4 is 18.9 Å². The molecule has 0 aromatic heterocycles. The van der Waals surface area contributed by atoms with E-state index in [0.29, 0.717) is 0 Å². The summed E-state index contributed by atoms with van der Waals surface area (Å²) in [6.07, 6.45) is 0. The van der Waals surface area contributed by atoms with Crippen molar-refractivity contribution in [1.82, 2.24) is 0 Å². The first-order valence-corrected chi connectivity index (χ1v) is 5.20. The van der Waals surface area contributed by atoms with Crippen LogP contribution in [0.5, 0.6) is 0 Å². The molecule has 0 heterocycles. The molecular weight excluding hydrogens is 98.0 g/mol. The zero-order valence-corrected chi connectivity index (χ0v) is 5.73. The summed E-state index contributed by atoms with van der Waals surface area (Å²) in [6.45, 7) is 6.92. The van der Waals surface area contributed by atoms with E-state index in [1.807, 2.05) is 0 Å². The molecule has 0 saturated carbocycles. The van der Waals surface area contributed by atoms with E-state index >= 15 is 0 Å². The molecule has 0 fully saturated rings. The molecule has 0 unspecified atom stereocenters. The summed E-state index contributed by atoms with van der Waals surface area (Å²) in [6, 6.07) is 0. The quantitative estimate of drug-likeness (QED) is 0.294. The molecule has 0 bridgehead atoms. The molecule has 0 saturated heterocycles. The summed E-state index contributed by atoms with van der Waals surface area (Å²) in [5.41, 5.74) is 0. The van der Waals surface area contributed by atoms with Crippen molar-refractivity contribution in [1.29, 1.82) is 0 Å². The van der Waals surface area contributed by atoms with Crippen LogP contribution in [-0.2, 0) is 0 Å². The summed E-state index contributed by atoms with van der Waals surface area (Å²) >= 11 is 0. The Bertz CT molecular complexity index is 19.7. The molecule has 0 aliphatic rings. The number of hydrogen-bond acceptors (Lipinski definition) is 0. The summed E-state index contributed by atoms with van der Waals surface area (Å²) in [5, 5.41) is 0. The maximum Gasteiger partial charge on any atom is 1.00 e. The van der Waals surface area contributed by atoms with E-state index in [1.54, 1.807) is 0 Å². The zero-order chi connectivity index (χ0) is 3.58. The Kier molecular flexibility index (Phi) is 25.1. The van der Waals surface area contributed by atoms with Crippen molar-refractivity contribution in [3.05, 3.63) is 0 Å². The Morgan fingerprint density at radius 2 is 1.17 bits per heavy atom. The van der Waals surface area contributed by atoms with Crippen LogP contribution in [0.25, 0.3) is 0 Å². The fraction of sp³-hybridized carbons (Fsp3) is 1.00. The molecule has 0 atom stereocenters. The minimum absolute atomic E-state index is 0. The van der Waals surface area contributed by atoms with Gasteiger partial charge in [-0.2, -0.15) is 0 Å². The Hall–Kier alpha value is 1.35. The number of hydrogen-bond donors (Lipinski definition) is 0. The fourth-order valence-electron chi connectivity index (χ4n) is 0. The monoisotopic (exact) mass is 112 g/mol. The van der Waals surface area contributed by atoms with Gasteiger partial charge >= 0.3 is 18.9 Å². The summed E-state index contributed by atoms with van der Waals surface area (Å²) in [7, 11) is -0.139. The molecule has 3 heteroatoms. The first-order chi connectivity index (χ1) is 1.73. The number of rotatable bonds is 0. The van der Waals surface area contributed by atoms with Crippen LogP contribution in [0.1, 0.15) is 1.43 Å². The van der Waals surface area contributed by atoms with E-state index < -0.39 is 0 Å². The largest absolute Gasteiger partial charge is 1.00 e. The Morgan fingerprint density at radius 3 is 1.17 bits per heavy atom. The van der Waals surface area contributed by atoms with Crippen molar-refractivity contribution in [2.45, 2.75) is 19.6 Å². The van der Waals surface area contributed by atoms with Crippen LogP contribution in [0.3, 0.4) is 0 Å². The van der Waals surface area contributed by atoms with Crippen LogP contribution in [0.2, 0.25) is 19.6 Å². The van der Waals surface area contributed by atoms with Gasteiger partial charge in [0.15, 0.2) is 17.4 Å². The maximum absolute atomic E-state index is 2.31. The van der Waals surface area contributed by atoms with Gasteiger partial charge in [-0.3, -0.25) is 0 Å². The molecule has 0 aliphatic heterocycles. The van der Waals surface area contributed by atoms with E-state index in [4.69, 9.17) is 0 Å². The van der Waals surface area contributed by atoms with Crippen LogP contribution >= 0.6 is 0 Å². The maximum atomic E-state index is 2.31. The molecule has 0 aromatic rings. The standard InChI is InChI=1S/C3H10Si.Al.Li.4H/c1-4(2)3;;;;;;/h4H,1-3H3;;;;;;/q;;+1;;;;-1. The molecule has 34 valence electrons. The first kappa shape index (κ1) is 15.7. The van der Waals surface area contributed by atoms with Crippen molar-refractivity contribution in [2.24, 2.45) is 0 Å². The second kappa shape index (κ2) is 9.60. The third-order valence-electron chi connectivity index (χ3n) is 0. The van der Waals surface area contributed by atoms with Gasteiger partial charge in [-0.05, 0) is 0 Å². The molecule has 0 spiro atoms. The summed E-state index contributed by atoms with van der Waals surface area (Å²) in [5.74, 6) is 0. The normalized spacial score (nSPS) is 6.00. The summed E-state index contributed by atoms with van der Waals surface area (Å²) in [4.78, 5) is 0. The average molecular weight is 112 g/mol. The topological polar surface area (TPSA) is 0 Å². The van der Waals surface area contributed by atoms with Gasteiger partial charge in [0.2, 0.25) is 0 Å². The van der Waals surface area contributed by atoms with E-state index in [1.165, 1.54) is 0 Å². The predicted molar refractivity (Wildman–Crippen MR) is 35.8 cm³/mol. The third-order valence-corrected chi connectivity index (χ3v) is 0. The second-order valence-corrected chi connectivity index (χ2v) is 5.20. The van der Waals surface area contributed by atoms with Crippen LogP contribution in [0.4, 0.5) is 0 Å². The first-order valence-electron chi connectivity index (χ1n) is 1.73. The van der Waals surface area contributed by atoms with Crippen molar-refractivity contribution in [2.75, 3.05) is 0 Å². The van der Waals surface area contributed by atoms with Crippen molar-refractivity contribution >= 4 is 26.2 Å². The van der Waals surface area contributed by atoms with Gasteiger partial charge in [-0.25, -0.2) is 0 Å². The van der Waals surface area contributed by atoms with Gasteiger partial charge in [0.05, 0.1) is 0 Å². The van der Waals surface area contributed by atoms with Crippen LogP contribution in [0.15, 0.2) is 0 Å². The molecule has 0 amide bonds. The van der Waals surface area contributed by atoms with Gasteiger partial charge in [-0.15, -0.1) is 0 Å². The third kappa shape index (κ3) is 55.7. The van der Waals surface area contributed by atoms with Gasteiger partial charge in [-0.1, -0.05) is 19.6 Å². The minimum atomic E-state index is -0.139. The van der Waals surface area contributed by atoms with Crippen molar-refractivity contribution < 1.29 is 20.3 Å². The van der Waals surface area contributed by atoms with E-state index in [2.05, 4.69) is 19.6 Å². The van der Waals surface area contributed by atoms with Gasteiger partial charge in [0, 0.05) is 8.80 Å². The molecule has 0 nitrogen and oxygen atoms in total. The molecule has 0 aromatic carbocycles. The SMILES string of the molecule is C[SiH](C)C.[AlH3].[H-].[Li+]. The fourth-order valence-corrected chi connectivity index (χ4v) is 0. The van der Waals surface area contributed by atoms with Gasteiger partial charge < -0.3 is 1.43 Å².